The molecule has 0 unspecified atom stereocenters. The van der Waals surface area contributed by atoms with Gasteiger partial charge >= 0.3 is 0 Å². The van der Waals surface area contributed by atoms with E-state index in [0.717, 1.165) is 61.7 Å². The molecule has 1 aliphatic carbocycles. The van der Waals surface area contributed by atoms with Gasteiger partial charge < -0.3 is 15.4 Å². The van der Waals surface area contributed by atoms with Crippen molar-refractivity contribution in [2.45, 2.75) is 57.0 Å². The highest BCUT2D eigenvalue weighted by molar-refractivity contribution is 6.30. The van der Waals surface area contributed by atoms with Crippen LogP contribution in [0.2, 0.25) is 5.02 Å². The summed E-state index contributed by atoms with van der Waals surface area (Å²) >= 11 is 6.18. The Bertz CT molecular complexity index is 1010. The molecule has 1 saturated heterocycles. The molecule has 2 fully saturated rings. The molecule has 30 heavy (non-hydrogen) atoms. The van der Waals surface area contributed by atoms with Gasteiger partial charge in [-0.3, -0.25) is 4.57 Å². The van der Waals surface area contributed by atoms with Crippen molar-refractivity contribution in [1.82, 2.24) is 19.5 Å². The zero-order valence-electron chi connectivity index (χ0n) is 17.0. The molecule has 8 heteroatoms. The smallest absolute Gasteiger partial charge is 0.224 e. The molecule has 3 heterocycles. The number of aromatic nitrogens is 4. The monoisotopic (exact) mass is 426 g/mol. The number of fused-ring (bicyclic) bond motifs is 1. The van der Waals surface area contributed by atoms with Gasteiger partial charge in [-0.15, -0.1) is 0 Å². The van der Waals surface area contributed by atoms with Crippen LogP contribution in [0.25, 0.3) is 11.2 Å². The summed E-state index contributed by atoms with van der Waals surface area (Å²) in [7, 11) is 0. The fourth-order valence-corrected chi connectivity index (χ4v) is 4.64. The van der Waals surface area contributed by atoms with Crippen molar-refractivity contribution in [3.8, 4) is 0 Å². The molecule has 2 aromatic heterocycles. The second kappa shape index (κ2) is 8.78. The molecule has 2 N–H and O–H groups in total. The first-order valence-electron chi connectivity index (χ1n) is 10.9. The average Bonchev–Trinajstić information content (AvgIpc) is 3.12. The van der Waals surface area contributed by atoms with Crippen molar-refractivity contribution in [2.24, 2.45) is 0 Å². The van der Waals surface area contributed by atoms with Crippen LogP contribution in [0.15, 0.2) is 30.5 Å². The van der Waals surface area contributed by atoms with Crippen LogP contribution in [-0.2, 0) is 4.74 Å². The van der Waals surface area contributed by atoms with E-state index < -0.39 is 0 Å². The number of nitrogens with one attached hydrogen (secondary N) is 2. The van der Waals surface area contributed by atoms with Crippen LogP contribution in [0, 0.1) is 0 Å². The number of nitrogens with zero attached hydrogens (tertiary/aromatic N) is 4. The van der Waals surface area contributed by atoms with Crippen LogP contribution in [0.1, 0.15) is 51.0 Å². The molecule has 0 radical (unpaired) electrons. The molecule has 2 aliphatic rings. The van der Waals surface area contributed by atoms with Crippen molar-refractivity contribution in [1.29, 1.82) is 0 Å². The van der Waals surface area contributed by atoms with Gasteiger partial charge in [0.05, 0.1) is 6.20 Å². The SMILES string of the molecule is Clc1cccc(Nc2nc3cnc(NC4CCOCC4)nc3n2C2CCCCC2)c1. The molecule has 158 valence electrons. The molecular weight excluding hydrogens is 400 g/mol. The normalized spacial score (nSPS) is 18.6. The molecule has 0 bridgehead atoms. The second-order valence-electron chi connectivity index (χ2n) is 8.17. The molecule has 0 spiro atoms. The van der Waals surface area contributed by atoms with Crippen molar-refractivity contribution in [3.05, 3.63) is 35.5 Å². The Kier molecular flexibility index (Phi) is 5.73. The first-order chi connectivity index (χ1) is 14.8. The van der Waals surface area contributed by atoms with Gasteiger partial charge in [-0.25, -0.2) is 9.97 Å². The lowest BCUT2D eigenvalue weighted by Gasteiger charge is -2.25. The van der Waals surface area contributed by atoms with Gasteiger partial charge in [-0.2, -0.15) is 4.98 Å². The van der Waals surface area contributed by atoms with Gasteiger partial charge in [0, 0.05) is 36.0 Å². The molecule has 3 aromatic rings. The van der Waals surface area contributed by atoms with Crippen molar-refractivity contribution in [3.63, 3.8) is 0 Å². The minimum Gasteiger partial charge on any atom is -0.381 e. The second-order valence-corrected chi connectivity index (χ2v) is 8.60. The summed E-state index contributed by atoms with van der Waals surface area (Å²) in [6.07, 6.45) is 9.83. The Morgan fingerprint density at radius 2 is 1.87 bits per heavy atom. The van der Waals surface area contributed by atoms with Crippen LogP contribution >= 0.6 is 11.6 Å². The Morgan fingerprint density at radius 1 is 1.03 bits per heavy atom. The predicted octanol–water partition coefficient (Wildman–Crippen LogP) is 5.32. The first kappa shape index (κ1) is 19.6. The Morgan fingerprint density at radius 3 is 2.67 bits per heavy atom. The lowest BCUT2D eigenvalue weighted by molar-refractivity contribution is 0.0903. The molecule has 0 atom stereocenters. The van der Waals surface area contributed by atoms with Gasteiger partial charge in [-0.05, 0) is 43.9 Å². The number of benzene rings is 1. The van der Waals surface area contributed by atoms with Crippen LogP contribution < -0.4 is 10.6 Å². The summed E-state index contributed by atoms with van der Waals surface area (Å²) in [6.45, 7) is 1.57. The minimum atomic E-state index is 0.353. The van der Waals surface area contributed by atoms with E-state index in [-0.39, 0.29) is 0 Å². The van der Waals surface area contributed by atoms with Crippen LogP contribution in [-0.4, -0.2) is 38.8 Å². The van der Waals surface area contributed by atoms with Gasteiger partial charge in [0.2, 0.25) is 11.9 Å². The van der Waals surface area contributed by atoms with Crippen molar-refractivity contribution < 1.29 is 4.74 Å². The lowest BCUT2D eigenvalue weighted by atomic mass is 9.95. The number of hydrogen-bond acceptors (Lipinski definition) is 6. The largest absolute Gasteiger partial charge is 0.381 e. The Hall–Kier alpha value is -2.38. The molecule has 1 aliphatic heterocycles. The van der Waals surface area contributed by atoms with E-state index in [1.54, 1.807) is 0 Å². The molecular formula is C22H27ClN6O. The molecule has 0 amide bonds. The van der Waals surface area contributed by atoms with E-state index in [0.29, 0.717) is 23.1 Å². The fourth-order valence-electron chi connectivity index (χ4n) is 4.45. The van der Waals surface area contributed by atoms with Gasteiger partial charge in [-0.1, -0.05) is 36.9 Å². The highest BCUT2D eigenvalue weighted by atomic mass is 35.5. The predicted molar refractivity (Wildman–Crippen MR) is 120 cm³/mol. The third-order valence-corrected chi connectivity index (χ3v) is 6.24. The van der Waals surface area contributed by atoms with E-state index in [9.17, 15) is 0 Å². The quantitative estimate of drug-likeness (QED) is 0.575. The topological polar surface area (TPSA) is 76.9 Å². The lowest BCUT2D eigenvalue weighted by Crippen LogP contribution is -2.28. The maximum Gasteiger partial charge on any atom is 0.224 e. The molecule has 5 rings (SSSR count). The first-order valence-corrected chi connectivity index (χ1v) is 11.3. The summed E-state index contributed by atoms with van der Waals surface area (Å²) < 4.78 is 7.73. The van der Waals surface area contributed by atoms with E-state index in [1.165, 1.54) is 19.3 Å². The molecule has 1 saturated carbocycles. The number of anilines is 3. The van der Waals surface area contributed by atoms with E-state index in [4.69, 9.17) is 26.3 Å². The summed E-state index contributed by atoms with van der Waals surface area (Å²) in [6, 6.07) is 8.46. The average molecular weight is 427 g/mol. The van der Waals surface area contributed by atoms with Crippen molar-refractivity contribution in [2.75, 3.05) is 23.8 Å². The van der Waals surface area contributed by atoms with E-state index >= 15 is 0 Å². The summed E-state index contributed by atoms with van der Waals surface area (Å²) in [5, 5.41) is 7.65. The van der Waals surface area contributed by atoms with Crippen LogP contribution in [0.3, 0.4) is 0 Å². The van der Waals surface area contributed by atoms with Crippen molar-refractivity contribution >= 4 is 40.3 Å². The fraction of sp³-hybridized carbons (Fsp3) is 0.500. The minimum absolute atomic E-state index is 0.353. The van der Waals surface area contributed by atoms with E-state index in [2.05, 4.69) is 20.2 Å². The third-order valence-electron chi connectivity index (χ3n) is 6.01. The van der Waals surface area contributed by atoms with Gasteiger partial charge in [0.1, 0.15) is 5.52 Å². The highest BCUT2D eigenvalue weighted by Gasteiger charge is 2.24. The number of hydrogen-bond donors (Lipinski definition) is 2. The maximum atomic E-state index is 6.18. The number of rotatable bonds is 5. The number of imidazole rings is 1. The van der Waals surface area contributed by atoms with Crippen LogP contribution in [0.5, 0.6) is 0 Å². The van der Waals surface area contributed by atoms with Gasteiger partial charge in [0.15, 0.2) is 5.65 Å². The Balaban J connectivity index is 1.51. The molecule has 7 nitrogen and oxygen atoms in total. The number of halogens is 1. The Labute approximate surface area is 181 Å². The summed E-state index contributed by atoms with van der Waals surface area (Å²) in [5.41, 5.74) is 2.61. The standard InChI is InChI=1S/C22H27ClN6O/c23-15-5-4-6-17(13-15)26-22-27-19-14-24-21(25-16-9-11-30-12-10-16)28-20(19)29(22)18-7-2-1-3-8-18/h4-6,13-14,16,18H,1-3,7-12H2,(H,26,27)(H,24,25,28). The summed E-state index contributed by atoms with van der Waals surface area (Å²) in [4.78, 5) is 14.3. The summed E-state index contributed by atoms with van der Waals surface area (Å²) in [5.74, 6) is 1.47. The van der Waals surface area contributed by atoms with E-state index in [1.807, 2.05) is 30.5 Å². The maximum absolute atomic E-state index is 6.18. The number of ether oxygens (including phenoxy) is 1. The van der Waals surface area contributed by atoms with Crippen LogP contribution in [0.4, 0.5) is 17.6 Å². The zero-order valence-corrected chi connectivity index (χ0v) is 17.7. The molecule has 1 aromatic carbocycles. The highest BCUT2D eigenvalue weighted by Crippen LogP contribution is 2.35. The van der Waals surface area contributed by atoms with Gasteiger partial charge in [0.25, 0.3) is 0 Å². The third kappa shape index (κ3) is 4.23. The zero-order chi connectivity index (χ0) is 20.3.